The smallest absolute Gasteiger partial charge is 0.347 e. The normalized spacial score (nSPS) is 8.92. The minimum atomic E-state index is -0.878. The predicted molar refractivity (Wildman–Crippen MR) is 38.4 cm³/mol. The number of nitrogens with zero attached hydrogens (tertiary/aromatic N) is 2. The molecule has 0 fully saturated rings. The van der Waals surface area contributed by atoms with Gasteiger partial charge in [0.1, 0.15) is 6.07 Å². The Morgan fingerprint density at radius 2 is 2.33 bits per heavy atom. The minimum absolute atomic E-state index is 0.326. The van der Waals surface area contributed by atoms with Gasteiger partial charge >= 0.3 is 5.69 Å². The van der Waals surface area contributed by atoms with E-state index in [1.165, 1.54) is 12.3 Å². The van der Waals surface area contributed by atoms with Crippen molar-refractivity contribution in [3.8, 4) is 6.07 Å². The molecule has 1 rings (SSSR count). The number of hydrogen-bond acceptors (Lipinski definition) is 4. The molecular weight excluding hydrogens is 162 g/mol. The summed E-state index contributed by atoms with van der Waals surface area (Å²) in [5.74, 6) is 0. The summed E-state index contributed by atoms with van der Waals surface area (Å²) in [6.45, 7) is 0. The molecule has 0 spiro atoms. The van der Waals surface area contributed by atoms with E-state index in [-0.39, 0.29) is 5.69 Å². The molecule has 60 valence electrons. The summed E-state index contributed by atoms with van der Waals surface area (Å²) < 4.78 is 0. The largest absolute Gasteiger partial charge is 0.350 e. The quantitative estimate of drug-likeness (QED) is 0.472. The number of aromatic nitrogens is 1. The van der Waals surface area contributed by atoms with E-state index in [2.05, 4.69) is 4.98 Å². The zero-order chi connectivity index (χ0) is 9.14. The number of rotatable bonds is 1. The molecule has 12 heavy (non-hydrogen) atoms. The van der Waals surface area contributed by atoms with Crippen molar-refractivity contribution in [2.75, 3.05) is 0 Å². The van der Waals surface area contributed by atoms with E-state index < -0.39 is 16.0 Å². The fourth-order valence-electron chi connectivity index (χ4n) is 0.738. The van der Waals surface area contributed by atoms with E-state index in [0.717, 1.165) is 6.07 Å². The van der Waals surface area contributed by atoms with Crippen molar-refractivity contribution in [3.05, 3.63) is 38.3 Å². The van der Waals surface area contributed by atoms with Crippen molar-refractivity contribution in [1.29, 1.82) is 5.26 Å². The number of nitriles is 1. The molecule has 0 saturated heterocycles. The number of hydrogen-bond donors (Lipinski definition) is 1. The first-order chi connectivity index (χ1) is 5.66. The zero-order valence-corrected chi connectivity index (χ0v) is 5.77. The third-order valence-corrected chi connectivity index (χ3v) is 1.23. The molecule has 0 bridgehead atoms. The fraction of sp³-hybridized carbons (Fsp3) is 0. The zero-order valence-electron chi connectivity index (χ0n) is 5.77. The molecule has 1 heterocycles. The molecular formula is C6H3N3O3. The molecule has 6 nitrogen and oxygen atoms in total. The number of aromatic amines is 1. The summed E-state index contributed by atoms with van der Waals surface area (Å²) >= 11 is 0. The highest BCUT2D eigenvalue weighted by molar-refractivity contribution is 5.42. The second kappa shape index (κ2) is 2.84. The Morgan fingerprint density at radius 3 is 2.75 bits per heavy atom. The summed E-state index contributed by atoms with van der Waals surface area (Å²) in [5, 5.41) is 18.6. The fourth-order valence-corrected chi connectivity index (χ4v) is 0.738. The molecule has 0 unspecified atom stereocenters. The Hall–Kier alpha value is -2.16. The predicted octanol–water partition coefficient (Wildman–Crippen LogP) is 0.155. The maximum Gasteiger partial charge on any atom is 0.350 e. The summed E-state index contributed by atoms with van der Waals surface area (Å²) in [4.78, 5) is 22.5. The summed E-state index contributed by atoms with van der Waals surface area (Å²) in [7, 11) is 0. The second-order valence-electron chi connectivity index (χ2n) is 1.93. The van der Waals surface area contributed by atoms with Gasteiger partial charge in [-0.05, 0) is 0 Å². The van der Waals surface area contributed by atoms with Crippen LogP contribution in [-0.2, 0) is 0 Å². The first-order valence-corrected chi connectivity index (χ1v) is 2.93. The van der Waals surface area contributed by atoms with Crippen LogP contribution in [-0.4, -0.2) is 9.91 Å². The van der Waals surface area contributed by atoms with Gasteiger partial charge in [-0.15, -0.1) is 0 Å². The third kappa shape index (κ3) is 1.15. The second-order valence-corrected chi connectivity index (χ2v) is 1.93. The lowest BCUT2D eigenvalue weighted by molar-refractivity contribution is -0.386. The molecule has 0 aliphatic heterocycles. The van der Waals surface area contributed by atoms with Crippen molar-refractivity contribution in [3.63, 3.8) is 0 Å². The maximum atomic E-state index is 10.8. The molecule has 1 N–H and O–H groups in total. The topological polar surface area (TPSA) is 99.8 Å². The minimum Gasteiger partial charge on any atom is -0.347 e. The molecule has 0 saturated carbocycles. The van der Waals surface area contributed by atoms with Gasteiger partial charge in [0, 0.05) is 12.3 Å². The van der Waals surface area contributed by atoms with Crippen molar-refractivity contribution in [2.24, 2.45) is 0 Å². The molecule has 0 amide bonds. The van der Waals surface area contributed by atoms with Gasteiger partial charge < -0.3 is 4.98 Å². The average molecular weight is 165 g/mol. The van der Waals surface area contributed by atoms with Crippen molar-refractivity contribution in [2.45, 2.75) is 0 Å². The van der Waals surface area contributed by atoms with Crippen LogP contribution in [0, 0.1) is 21.4 Å². The number of nitrogens with one attached hydrogen (secondary N) is 1. The highest BCUT2D eigenvalue weighted by Gasteiger charge is 2.17. The van der Waals surface area contributed by atoms with Crippen LogP contribution in [0.3, 0.4) is 0 Å². The Balaban J connectivity index is 3.54. The lowest BCUT2D eigenvalue weighted by Gasteiger charge is -1.90. The van der Waals surface area contributed by atoms with E-state index in [1.54, 1.807) is 0 Å². The van der Waals surface area contributed by atoms with Crippen LogP contribution in [0.25, 0.3) is 0 Å². The number of pyridine rings is 1. The summed E-state index contributed by atoms with van der Waals surface area (Å²) in [6, 6.07) is 2.52. The number of nitro groups is 1. The molecule has 0 radical (unpaired) electrons. The van der Waals surface area contributed by atoms with E-state index in [1.807, 2.05) is 0 Å². The highest BCUT2D eigenvalue weighted by atomic mass is 16.6. The van der Waals surface area contributed by atoms with Crippen LogP contribution < -0.4 is 5.43 Å². The molecule has 1 aromatic heterocycles. The van der Waals surface area contributed by atoms with Crippen molar-refractivity contribution in [1.82, 2.24) is 4.98 Å². The van der Waals surface area contributed by atoms with Crippen LogP contribution in [0.5, 0.6) is 0 Å². The molecule has 0 atom stereocenters. The maximum absolute atomic E-state index is 10.8. The molecule has 6 heteroatoms. The highest BCUT2D eigenvalue weighted by Crippen LogP contribution is 2.06. The summed E-state index contributed by atoms with van der Waals surface area (Å²) in [6.07, 6.45) is 1.19. The van der Waals surface area contributed by atoms with Gasteiger partial charge in [0.15, 0.2) is 0 Å². The lowest BCUT2D eigenvalue weighted by atomic mass is 10.3. The van der Waals surface area contributed by atoms with E-state index in [0.29, 0.717) is 0 Å². The molecule has 1 aromatic rings. The van der Waals surface area contributed by atoms with Crippen molar-refractivity contribution < 1.29 is 4.92 Å². The van der Waals surface area contributed by atoms with Gasteiger partial charge in [-0.1, -0.05) is 0 Å². The Morgan fingerprint density at radius 1 is 1.67 bits per heavy atom. The monoisotopic (exact) mass is 165 g/mol. The standard InChI is InChI=1S/C6H3N3O3/c7-3-4-6(9(11)12)5(10)1-2-8-4/h1-2H,(H,8,10). The third-order valence-electron chi connectivity index (χ3n) is 1.23. The molecule has 0 aromatic carbocycles. The lowest BCUT2D eigenvalue weighted by Crippen LogP contribution is -2.09. The van der Waals surface area contributed by atoms with Gasteiger partial charge in [0.05, 0.1) is 4.92 Å². The van der Waals surface area contributed by atoms with Crippen LogP contribution >= 0.6 is 0 Å². The van der Waals surface area contributed by atoms with Crippen LogP contribution in [0.1, 0.15) is 5.69 Å². The summed E-state index contributed by atoms with van der Waals surface area (Å²) in [5.41, 5.74) is -1.80. The first-order valence-electron chi connectivity index (χ1n) is 2.93. The van der Waals surface area contributed by atoms with E-state index in [9.17, 15) is 14.9 Å². The Bertz CT molecular complexity index is 415. The van der Waals surface area contributed by atoms with Gasteiger partial charge in [0.25, 0.3) is 5.43 Å². The van der Waals surface area contributed by atoms with Crippen LogP contribution in [0.15, 0.2) is 17.1 Å². The van der Waals surface area contributed by atoms with E-state index >= 15 is 0 Å². The van der Waals surface area contributed by atoms with Gasteiger partial charge in [-0.3, -0.25) is 14.9 Å². The average Bonchev–Trinajstić information content (AvgIpc) is 2.03. The molecule has 0 aliphatic rings. The number of H-pyrrole nitrogens is 1. The first kappa shape index (κ1) is 7.94. The van der Waals surface area contributed by atoms with Gasteiger partial charge in [-0.25, -0.2) is 0 Å². The Labute approximate surface area is 66.2 Å². The van der Waals surface area contributed by atoms with Crippen LogP contribution in [0.2, 0.25) is 0 Å². The van der Waals surface area contributed by atoms with Crippen LogP contribution in [0.4, 0.5) is 5.69 Å². The van der Waals surface area contributed by atoms with E-state index in [4.69, 9.17) is 5.26 Å². The van der Waals surface area contributed by atoms with Crippen molar-refractivity contribution >= 4 is 5.69 Å². The molecule has 0 aliphatic carbocycles. The van der Waals surface area contributed by atoms with Gasteiger partial charge in [-0.2, -0.15) is 5.26 Å². The van der Waals surface area contributed by atoms with Gasteiger partial charge in [0.2, 0.25) is 5.69 Å². The SMILES string of the molecule is N#Cc1[nH]ccc(=O)c1[N+](=O)[O-]. The Kier molecular flexibility index (Phi) is 1.88.